The zero-order chi connectivity index (χ0) is 5.70. The summed E-state index contributed by atoms with van der Waals surface area (Å²) in [7, 11) is 0. The molecule has 0 saturated carbocycles. The molecule has 0 aromatic rings. The van der Waals surface area contributed by atoms with Crippen molar-refractivity contribution in [3.63, 3.8) is 0 Å². The number of hydrogen-bond acceptors (Lipinski definition) is 2. The maximum Gasteiger partial charge on any atom is 0.160 e. The molecule has 0 amide bonds. The van der Waals surface area contributed by atoms with Gasteiger partial charge in [0.15, 0.2) is 5.78 Å². The standard InChI is InChI=1S/C3H5NO.C2H6/c5-3-1-4-2-3;1-2/h4H,1-2H2;1-2H3. The van der Waals surface area contributed by atoms with E-state index in [0.717, 1.165) is 0 Å². The Kier molecular flexibility index (Phi) is 3.61. The van der Waals surface area contributed by atoms with Gasteiger partial charge >= 0.3 is 0 Å². The van der Waals surface area contributed by atoms with Gasteiger partial charge in [-0.25, -0.2) is 0 Å². The molecule has 1 aliphatic heterocycles. The number of nitrogens with one attached hydrogen (secondary N) is 1. The number of rotatable bonds is 0. The lowest BCUT2D eigenvalue weighted by Crippen LogP contribution is -2.42. The van der Waals surface area contributed by atoms with Crippen LogP contribution in [0.5, 0.6) is 0 Å². The van der Waals surface area contributed by atoms with Crippen LogP contribution in [-0.2, 0) is 4.79 Å². The number of carbonyl (C=O) groups excluding carboxylic acids is 1. The van der Waals surface area contributed by atoms with Crippen LogP contribution in [0.3, 0.4) is 0 Å². The van der Waals surface area contributed by atoms with Crippen molar-refractivity contribution in [1.29, 1.82) is 0 Å². The molecule has 0 unspecified atom stereocenters. The van der Waals surface area contributed by atoms with E-state index in [1.165, 1.54) is 0 Å². The molecule has 0 aromatic heterocycles. The van der Waals surface area contributed by atoms with Gasteiger partial charge in [0.05, 0.1) is 13.1 Å². The molecule has 0 spiro atoms. The van der Waals surface area contributed by atoms with Crippen molar-refractivity contribution in [2.45, 2.75) is 13.8 Å². The van der Waals surface area contributed by atoms with E-state index in [-0.39, 0.29) is 0 Å². The molecule has 42 valence electrons. The van der Waals surface area contributed by atoms with Crippen LogP contribution in [0.25, 0.3) is 0 Å². The van der Waals surface area contributed by atoms with Crippen molar-refractivity contribution in [3.05, 3.63) is 0 Å². The van der Waals surface area contributed by atoms with E-state index in [0.29, 0.717) is 18.9 Å². The van der Waals surface area contributed by atoms with Gasteiger partial charge in [-0.3, -0.25) is 4.79 Å². The number of hydrogen-bond donors (Lipinski definition) is 1. The Morgan fingerprint density at radius 1 is 1.43 bits per heavy atom. The average molecular weight is 101 g/mol. The summed E-state index contributed by atoms with van der Waals surface area (Å²) in [5, 5.41) is 2.81. The molecule has 7 heavy (non-hydrogen) atoms. The maximum atomic E-state index is 9.84. The first-order valence-electron chi connectivity index (χ1n) is 2.62. The number of Topliss-reactive ketones (excluding diaryl/α,β-unsaturated/α-hetero) is 1. The predicted molar refractivity (Wildman–Crippen MR) is 29.2 cm³/mol. The molecule has 1 saturated heterocycles. The Hall–Kier alpha value is -0.370. The fraction of sp³-hybridized carbons (Fsp3) is 0.800. The third-order valence-electron chi connectivity index (χ3n) is 0.644. The maximum absolute atomic E-state index is 9.84. The van der Waals surface area contributed by atoms with Crippen LogP contribution in [-0.4, -0.2) is 18.9 Å². The largest absolute Gasteiger partial charge is 0.303 e. The molecule has 2 heteroatoms. The quantitative estimate of drug-likeness (QED) is 0.471. The van der Waals surface area contributed by atoms with Crippen LogP contribution in [0.1, 0.15) is 13.8 Å². The summed E-state index contributed by atoms with van der Waals surface area (Å²) >= 11 is 0. The Morgan fingerprint density at radius 3 is 1.71 bits per heavy atom. The molecule has 1 fully saturated rings. The van der Waals surface area contributed by atoms with Gasteiger partial charge in [-0.2, -0.15) is 0 Å². The normalized spacial score (nSPS) is 16.6. The van der Waals surface area contributed by atoms with Crippen molar-refractivity contribution in [2.75, 3.05) is 13.1 Å². The van der Waals surface area contributed by atoms with Crippen molar-refractivity contribution >= 4 is 5.78 Å². The number of ketones is 1. The SMILES string of the molecule is CC.O=C1CNC1. The van der Waals surface area contributed by atoms with Crippen LogP contribution < -0.4 is 5.32 Å². The molecule has 0 atom stereocenters. The summed E-state index contributed by atoms with van der Waals surface area (Å²) in [4.78, 5) is 9.84. The zero-order valence-electron chi connectivity index (χ0n) is 4.82. The van der Waals surface area contributed by atoms with Gasteiger partial charge in [0.25, 0.3) is 0 Å². The van der Waals surface area contributed by atoms with E-state index in [1.807, 2.05) is 13.8 Å². The summed E-state index contributed by atoms with van der Waals surface area (Å²) in [6.07, 6.45) is 0. The predicted octanol–water partition coefficient (Wildman–Crippen LogP) is 0.185. The highest BCUT2D eigenvalue weighted by atomic mass is 16.1. The van der Waals surface area contributed by atoms with Crippen molar-refractivity contribution in [3.8, 4) is 0 Å². The summed E-state index contributed by atoms with van der Waals surface area (Å²) in [6.45, 7) is 5.19. The molecule has 1 rings (SSSR count). The Morgan fingerprint density at radius 2 is 1.71 bits per heavy atom. The molecule has 1 heterocycles. The Labute approximate surface area is 43.9 Å². The Balaban J connectivity index is 0.000000162. The minimum absolute atomic E-state index is 0.324. The molecular formula is C5H11NO. The summed E-state index contributed by atoms with van der Waals surface area (Å²) in [5.41, 5.74) is 0. The van der Waals surface area contributed by atoms with E-state index in [2.05, 4.69) is 5.32 Å². The van der Waals surface area contributed by atoms with Crippen molar-refractivity contribution < 1.29 is 4.79 Å². The van der Waals surface area contributed by atoms with E-state index in [1.54, 1.807) is 0 Å². The molecule has 0 aromatic carbocycles. The zero-order valence-corrected chi connectivity index (χ0v) is 4.82. The fourth-order valence-corrected chi connectivity index (χ4v) is 0.227. The first kappa shape index (κ1) is 6.63. The molecule has 0 bridgehead atoms. The van der Waals surface area contributed by atoms with Gasteiger partial charge in [0.2, 0.25) is 0 Å². The summed E-state index contributed by atoms with van der Waals surface area (Å²) < 4.78 is 0. The molecule has 1 aliphatic rings. The topological polar surface area (TPSA) is 29.1 Å². The minimum atomic E-state index is 0.324. The van der Waals surface area contributed by atoms with Crippen molar-refractivity contribution in [1.82, 2.24) is 5.32 Å². The molecule has 1 N–H and O–H groups in total. The lowest BCUT2D eigenvalue weighted by molar-refractivity contribution is -0.121. The lowest BCUT2D eigenvalue weighted by Gasteiger charge is -2.08. The van der Waals surface area contributed by atoms with Gasteiger partial charge in [0.1, 0.15) is 0 Å². The van der Waals surface area contributed by atoms with Gasteiger partial charge in [-0.1, -0.05) is 13.8 Å². The molecule has 0 aliphatic carbocycles. The third-order valence-corrected chi connectivity index (χ3v) is 0.644. The van der Waals surface area contributed by atoms with Gasteiger partial charge in [-0.15, -0.1) is 0 Å². The first-order chi connectivity index (χ1) is 3.39. The monoisotopic (exact) mass is 101 g/mol. The second kappa shape index (κ2) is 3.81. The van der Waals surface area contributed by atoms with Crippen LogP contribution >= 0.6 is 0 Å². The van der Waals surface area contributed by atoms with Crippen LogP contribution in [0, 0.1) is 0 Å². The lowest BCUT2D eigenvalue weighted by atomic mass is 10.3. The van der Waals surface area contributed by atoms with Crippen LogP contribution in [0.2, 0.25) is 0 Å². The highest BCUT2D eigenvalue weighted by molar-refractivity contribution is 5.87. The van der Waals surface area contributed by atoms with E-state index in [4.69, 9.17) is 0 Å². The highest BCUT2D eigenvalue weighted by Gasteiger charge is 2.07. The van der Waals surface area contributed by atoms with Gasteiger partial charge in [0, 0.05) is 0 Å². The van der Waals surface area contributed by atoms with Crippen LogP contribution in [0.4, 0.5) is 0 Å². The van der Waals surface area contributed by atoms with E-state index < -0.39 is 0 Å². The third kappa shape index (κ3) is 2.34. The van der Waals surface area contributed by atoms with Crippen LogP contribution in [0.15, 0.2) is 0 Å². The van der Waals surface area contributed by atoms with Gasteiger partial charge in [-0.05, 0) is 0 Å². The molecule has 2 nitrogen and oxygen atoms in total. The highest BCUT2D eigenvalue weighted by Crippen LogP contribution is 1.75. The molecule has 0 radical (unpaired) electrons. The second-order valence-electron chi connectivity index (χ2n) is 1.14. The smallest absolute Gasteiger partial charge is 0.160 e. The first-order valence-corrected chi connectivity index (χ1v) is 2.62. The van der Waals surface area contributed by atoms with E-state index >= 15 is 0 Å². The summed E-state index contributed by atoms with van der Waals surface area (Å²) in [5.74, 6) is 0.324. The Bertz CT molecular complexity index is 55.1. The molecular weight excluding hydrogens is 90.1 g/mol. The van der Waals surface area contributed by atoms with Crippen molar-refractivity contribution in [2.24, 2.45) is 0 Å². The van der Waals surface area contributed by atoms with Gasteiger partial charge < -0.3 is 5.32 Å². The second-order valence-corrected chi connectivity index (χ2v) is 1.14. The number of carbonyl (C=O) groups is 1. The fourth-order valence-electron chi connectivity index (χ4n) is 0.227. The van der Waals surface area contributed by atoms with E-state index in [9.17, 15) is 4.79 Å². The minimum Gasteiger partial charge on any atom is -0.303 e. The summed E-state index contributed by atoms with van der Waals surface area (Å²) in [6, 6.07) is 0. The average Bonchev–Trinajstić information content (AvgIpc) is 1.68.